The highest BCUT2D eigenvalue weighted by atomic mass is 32.2. The van der Waals surface area contributed by atoms with E-state index in [1.807, 2.05) is 0 Å². The van der Waals surface area contributed by atoms with Crippen LogP contribution >= 0.6 is 0 Å². The lowest BCUT2D eigenvalue weighted by molar-refractivity contribution is 0.538. The Hall–Kier alpha value is -1.66. The van der Waals surface area contributed by atoms with Crippen LogP contribution in [0.15, 0.2) is 52.2 Å². The molecule has 6 heteroatoms. The Morgan fingerprint density at radius 3 is 2.68 bits per heavy atom. The van der Waals surface area contributed by atoms with Gasteiger partial charge in [0.25, 0.3) is 0 Å². The minimum absolute atomic E-state index is 0.339. The summed E-state index contributed by atoms with van der Waals surface area (Å²) in [6, 6.07) is 6.69. The van der Waals surface area contributed by atoms with E-state index in [-0.39, 0.29) is 10.9 Å². The number of rotatable bonds is 5. The molecule has 1 heterocycles. The molecule has 0 fully saturated rings. The monoisotopic (exact) mass is 283 g/mol. The zero-order valence-corrected chi connectivity index (χ0v) is 11.2. The number of hydrogen-bond donors (Lipinski definition) is 1. The number of benzene rings is 1. The Morgan fingerprint density at radius 2 is 2.05 bits per heavy atom. The van der Waals surface area contributed by atoms with Crippen LogP contribution in [0, 0.1) is 5.82 Å². The van der Waals surface area contributed by atoms with Gasteiger partial charge in [0, 0.05) is 6.04 Å². The van der Waals surface area contributed by atoms with E-state index in [0.29, 0.717) is 6.42 Å². The zero-order valence-electron chi connectivity index (χ0n) is 10.3. The molecule has 1 aromatic heterocycles. The molecule has 1 N–H and O–H groups in total. The van der Waals surface area contributed by atoms with Crippen LogP contribution in [0.1, 0.15) is 12.5 Å². The SMILES string of the molecule is CC(Cc1ccoc1)NS(=O)(=O)c1ccccc1F. The predicted molar refractivity (Wildman–Crippen MR) is 68.6 cm³/mol. The summed E-state index contributed by atoms with van der Waals surface area (Å²) in [5, 5.41) is 0. The van der Waals surface area contributed by atoms with Crippen molar-refractivity contribution in [1.29, 1.82) is 0 Å². The lowest BCUT2D eigenvalue weighted by Crippen LogP contribution is -2.34. The van der Waals surface area contributed by atoms with Crippen LogP contribution in [0.2, 0.25) is 0 Å². The van der Waals surface area contributed by atoms with Crippen molar-refractivity contribution in [1.82, 2.24) is 4.72 Å². The Balaban J connectivity index is 2.11. The van der Waals surface area contributed by atoms with Gasteiger partial charge in [0.1, 0.15) is 10.7 Å². The van der Waals surface area contributed by atoms with E-state index in [0.717, 1.165) is 11.6 Å². The second-order valence-electron chi connectivity index (χ2n) is 4.29. The highest BCUT2D eigenvalue weighted by Crippen LogP contribution is 2.14. The maximum absolute atomic E-state index is 13.5. The molecule has 1 aromatic carbocycles. The van der Waals surface area contributed by atoms with Crippen LogP contribution in [0.25, 0.3) is 0 Å². The number of nitrogens with one attached hydrogen (secondary N) is 1. The first-order valence-corrected chi connectivity index (χ1v) is 7.25. The predicted octanol–water partition coefficient (Wildman–Crippen LogP) is 2.33. The van der Waals surface area contributed by atoms with E-state index >= 15 is 0 Å². The fraction of sp³-hybridized carbons (Fsp3) is 0.231. The van der Waals surface area contributed by atoms with Crippen molar-refractivity contribution >= 4 is 10.0 Å². The summed E-state index contributed by atoms with van der Waals surface area (Å²) in [5.41, 5.74) is 0.878. The summed E-state index contributed by atoms with van der Waals surface area (Å²) in [4.78, 5) is -0.339. The van der Waals surface area contributed by atoms with Gasteiger partial charge in [0.15, 0.2) is 0 Å². The molecule has 0 aliphatic rings. The molecule has 2 rings (SSSR count). The number of halogens is 1. The fourth-order valence-corrected chi connectivity index (χ4v) is 3.12. The summed E-state index contributed by atoms with van der Waals surface area (Å²) in [5.74, 6) is -0.759. The Kier molecular flexibility index (Phi) is 4.01. The van der Waals surface area contributed by atoms with Gasteiger partial charge in [0.2, 0.25) is 10.0 Å². The molecule has 0 amide bonds. The van der Waals surface area contributed by atoms with Gasteiger partial charge in [-0.3, -0.25) is 0 Å². The molecule has 4 nitrogen and oxygen atoms in total. The van der Waals surface area contributed by atoms with Gasteiger partial charge >= 0.3 is 0 Å². The van der Waals surface area contributed by atoms with Crippen molar-refractivity contribution in [3.63, 3.8) is 0 Å². The van der Waals surface area contributed by atoms with Crippen LogP contribution < -0.4 is 4.72 Å². The van der Waals surface area contributed by atoms with Crippen LogP contribution in [-0.4, -0.2) is 14.5 Å². The summed E-state index contributed by atoms with van der Waals surface area (Å²) in [7, 11) is -3.85. The van der Waals surface area contributed by atoms with Crippen LogP contribution in [-0.2, 0) is 16.4 Å². The maximum Gasteiger partial charge on any atom is 0.243 e. The van der Waals surface area contributed by atoms with Gasteiger partial charge < -0.3 is 4.42 Å². The maximum atomic E-state index is 13.5. The third-order valence-corrected chi connectivity index (χ3v) is 4.23. The van der Waals surface area contributed by atoms with Crippen molar-refractivity contribution < 1.29 is 17.2 Å². The molecule has 102 valence electrons. The Morgan fingerprint density at radius 1 is 1.32 bits per heavy atom. The first kappa shape index (κ1) is 13.8. The minimum atomic E-state index is -3.85. The van der Waals surface area contributed by atoms with Crippen molar-refractivity contribution in [2.45, 2.75) is 24.3 Å². The van der Waals surface area contributed by atoms with E-state index in [1.165, 1.54) is 24.5 Å². The van der Waals surface area contributed by atoms with Crippen molar-refractivity contribution in [3.8, 4) is 0 Å². The molecule has 19 heavy (non-hydrogen) atoms. The lowest BCUT2D eigenvalue weighted by Gasteiger charge is -2.13. The van der Waals surface area contributed by atoms with Crippen LogP contribution in [0.5, 0.6) is 0 Å². The molecule has 0 radical (unpaired) electrons. The topological polar surface area (TPSA) is 59.3 Å². The third kappa shape index (κ3) is 3.42. The van der Waals surface area contributed by atoms with Crippen molar-refractivity contribution in [2.75, 3.05) is 0 Å². The molecule has 0 aliphatic heterocycles. The van der Waals surface area contributed by atoms with Gasteiger partial charge in [-0.15, -0.1) is 0 Å². The van der Waals surface area contributed by atoms with Crippen LogP contribution in [0.3, 0.4) is 0 Å². The molecule has 0 aliphatic carbocycles. The fourth-order valence-electron chi connectivity index (χ4n) is 1.80. The zero-order chi connectivity index (χ0) is 13.9. The first-order valence-electron chi connectivity index (χ1n) is 5.77. The molecular formula is C13H14FNO3S. The van der Waals surface area contributed by atoms with E-state index in [2.05, 4.69) is 4.72 Å². The summed E-state index contributed by atoms with van der Waals surface area (Å²) >= 11 is 0. The van der Waals surface area contributed by atoms with E-state index in [1.54, 1.807) is 19.3 Å². The molecule has 0 spiro atoms. The first-order chi connectivity index (χ1) is 8.99. The summed E-state index contributed by atoms with van der Waals surface area (Å²) in [6.07, 6.45) is 3.55. The lowest BCUT2D eigenvalue weighted by atomic mass is 10.1. The highest BCUT2D eigenvalue weighted by Gasteiger charge is 2.21. The minimum Gasteiger partial charge on any atom is -0.472 e. The number of hydrogen-bond acceptors (Lipinski definition) is 3. The second-order valence-corrected chi connectivity index (χ2v) is 5.97. The van der Waals surface area contributed by atoms with E-state index in [4.69, 9.17) is 4.42 Å². The van der Waals surface area contributed by atoms with Crippen molar-refractivity contribution in [3.05, 3.63) is 54.2 Å². The highest BCUT2D eigenvalue weighted by molar-refractivity contribution is 7.89. The van der Waals surface area contributed by atoms with Gasteiger partial charge in [0.05, 0.1) is 12.5 Å². The number of sulfonamides is 1. The average molecular weight is 283 g/mol. The van der Waals surface area contributed by atoms with E-state index < -0.39 is 15.8 Å². The van der Waals surface area contributed by atoms with Gasteiger partial charge in [-0.2, -0.15) is 0 Å². The normalized spacial score (nSPS) is 13.4. The second kappa shape index (κ2) is 5.54. The van der Waals surface area contributed by atoms with Gasteiger partial charge in [-0.25, -0.2) is 17.5 Å². The molecule has 1 unspecified atom stereocenters. The van der Waals surface area contributed by atoms with Gasteiger partial charge in [-0.1, -0.05) is 12.1 Å². The molecule has 2 aromatic rings. The molecule has 1 atom stereocenters. The van der Waals surface area contributed by atoms with Crippen LogP contribution in [0.4, 0.5) is 4.39 Å². The molecular weight excluding hydrogens is 269 g/mol. The summed E-state index contributed by atoms with van der Waals surface area (Å²) in [6.45, 7) is 1.71. The Labute approximate surface area is 111 Å². The van der Waals surface area contributed by atoms with Crippen molar-refractivity contribution in [2.24, 2.45) is 0 Å². The number of furan rings is 1. The van der Waals surface area contributed by atoms with Gasteiger partial charge in [-0.05, 0) is 37.1 Å². The standard InChI is InChI=1S/C13H14FNO3S/c1-10(8-11-6-7-18-9-11)15-19(16,17)13-5-3-2-4-12(13)14/h2-7,9-10,15H,8H2,1H3. The quantitative estimate of drug-likeness (QED) is 0.916. The molecule has 0 saturated heterocycles. The Bertz CT molecular complexity index is 638. The molecule has 0 bridgehead atoms. The third-order valence-electron chi connectivity index (χ3n) is 2.60. The summed E-state index contributed by atoms with van der Waals surface area (Å²) < 4.78 is 44.9. The smallest absolute Gasteiger partial charge is 0.243 e. The largest absolute Gasteiger partial charge is 0.472 e. The average Bonchev–Trinajstić information content (AvgIpc) is 2.81. The molecule has 0 saturated carbocycles. The van der Waals surface area contributed by atoms with E-state index in [9.17, 15) is 12.8 Å².